The Morgan fingerprint density at radius 3 is 2.41 bits per heavy atom. The Hall–Kier alpha value is -1.62. The Bertz CT molecular complexity index is 702. The van der Waals surface area contributed by atoms with Crippen LogP contribution in [0.3, 0.4) is 0 Å². The fourth-order valence-corrected chi connectivity index (χ4v) is 3.03. The summed E-state index contributed by atoms with van der Waals surface area (Å²) in [6.45, 7) is 5.77. The van der Waals surface area contributed by atoms with Crippen LogP contribution in [-0.4, -0.2) is 9.78 Å². The second-order valence-corrected chi connectivity index (χ2v) is 7.30. The predicted molar refractivity (Wildman–Crippen MR) is 89.0 cm³/mol. The van der Waals surface area contributed by atoms with Gasteiger partial charge in [-0.1, -0.05) is 45.0 Å². The molecule has 0 saturated heterocycles. The van der Waals surface area contributed by atoms with E-state index in [1.54, 1.807) is 6.20 Å². The van der Waals surface area contributed by atoms with E-state index in [0.29, 0.717) is 10.6 Å². The largest absolute Gasteiger partial charge is 0.273 e. The van der Waals surface area contributed by atoms with Crippen molar-refractivity contribution in [2.24, 2.45) is 7.05 Å². The summed E-state index contributed by atoms with van der Waals surface area (Å²) in [5.74, 6) is 0.687. The molecule has 0 spiro atoms. The summed E-state index contributed by atoms with van der Waals surface area (Å²) in [5, 5.41) is 3.96. The summed E-state index contributed by atoms with van der Waals surface area (Å²) in [4.78, 5) is 12.5. The van der Waals surface area contributed by atoms with Gasteiger partial charge in [0.1, 0.15) is 6.67 Å². The van der Waals surface area contributed by atoms with Gasteiger partial charge in [-0.2, -0.15) is 5.10 Å². The van der Waals surface area contributed by atoms with Crippen LogP contribution in [0.1, 0.15) is 37.5 Å². The van der Waals surface area contributed by atoms with Crippen LogP contribution in [0.2, 0.25) is 0 Å². The molecule has 118 valence electrons. The average molecular weight is 319 g/mol. The highest BCUT2D eigenvalue weighted by molar-refractivity contribution is 7.98. The number of rotatable bonds is 4. The molecule has 3 nitrogen and oxygen atoms in total. The molecule has 0 saturated carbocycles. The summed E-state index contributed by atoms with van der Waals surface area (Å²) in [7, 11) is 1.53. The Morgan fingerprint density at radius 2 is 1.86 bits per heavy atom. The smallest absolute Gasteiger partial charge is 0.267 e. The molecule has 0 aliphatic carbocycles. The molecule has 0 fully saturated rings. The first kappa shape index (κ1) is 16.7. The lowest BCUT2D eigenvalue weighted by atomic mass is 9.87. The zero-order valence-electron chi connectivity index (χ0n) is 13.4. The van der Waals surface area contributed by atoms with Crippen molar-refractivity contribution in [3.05, 3.63) is 57.5 Å². The van der Waals surface area contributed by atoms with E-state index >= 15 is 0 Å². The highest BCUT2D eigenvalue weighted by atomic mass is 32.2. The van der Waals surface area contributed by atoms with Gasteiger partial charge >= 0.3 is 0 Å². The molecule has 0 amide bonds. The van der Waals surface area contributed by atoms with Crippen LogP contribution >= 0.6 is 11.8 Å². The third kappa shape index (κ3) is 3.77. The van der Waals surface area contributed by atoms with E-state index in [1.807, 2.05) is 0 Å². The Balaban J connectivity index is 2.14. The van der Waals surface area contributed by atoms with Crippen molar-refractivity contribution in [3.8, 4) is 0 Å². The van der Waals surface area contributed by atoms with Crippen LogP contribution in [0.15, 0.2) is 40.2 Å². The molecular weight excluding hydrogens is 298 g/mol. The number of alkyl halides is 1. The number of benzene rings is 1. The first-order chi connectivity index (χ1) is 10.3. The second-order valence-electron chi connectivity index (χ2n) is 6.29. The molecule has 0 bridgehead atoms. The number of thioether (sulfide) groups is 1. The summed E-state index contributed by atoms with van der Waals surface area (Å²) in [5.41, 5.74) is 2.37. The normalized spacial score (nSPS) is 11.7. The minimum absolute atomic E-state index is 0.128. The number of hydrogen-bond donors (Lipinski definition) is 0. The maximum Gasteiger partial charge on any atom is 0.273 e. The van der Waals surface area contributed by atoms with Crippen LogP contribution in [0.4, 0.5) is 4.39 Å². The fraction of sp³-hybridized carbons (Fsp3) is 0.412. The lowest BCUT2D eigenvalue weighted by molar-refractivity contribution is 0.468. The van der Waals surface area contributed by atoms with Gasteiger partial charge in [-0.15, -0.1) is 11.8 Å². The van der Waals surface area contributed by atoms with Crippen LogP contribution in [-0.2, 0) is 24.9 Å². The quantitative estimate of drug-likeness (QED) is 0.803. The van der Waals surface area contributed by atoms with Gasteiger partial charge in [0.15, 0.2) is 0 Å². The van der Waals surface area contributed by atoms with E-state index < -0.39 is 6.67 Å². The fourth-order valence-electron chi connectivity index (χ4n) is 2.08. The first-order valence-electron chi connectivity index (χ1n) is 7.16. The molecule has 1 heterocycles. The molecule has 0 radical (unpaired) electrons. The molecule has 22 heavy (non-hydrogen) atoms. The maximum absolute atomic E-state index is 13.1. The Kier molecular flexibility index (Phi) is 5.06. The summed E-state index contributed by atoms with van der Waals surface area (Å²) in [6, 6.07) is 8.40. The topological polar surface area (TPSA) is 34.9 Å². The van der Waals surface area contributed by atoms with Gasteiger partial charge in [0.2, 0.25) is 0 Å². The highest BCUT2D eigenvalue weighted by Crippen LogP contribution is 2.27. The molecule has 1 aromatic heterocycles. The Labute approximate surface area is 134 Å². The van der Waals surface area contributed by atoms with E-state index in [1.165, 1.54) is 24.4 Å². The Morgan fingerprint density at radius 1 is 1.23 bits per heavy atom. The zero-order chi connectivity index (χ0) is 16.3. The second kappa shape index (κ2) is 6.65. The molecule has 1 aromatic carbocycles. The summed E-state index contributed by atoms with van der Waals surface area (Å²) >= 11 is 1.45. The van der Waals surface area contributed by atoms with Gasteiger partial charge in [-0.05, 0) is 16.5 Å². The minimum Gasteiger partial charge on any atom is -0.267 e. The third-order valence-electron chi connectivity index (χ3n) is 3.55. The zero-order valence-corrected chi connectivity index (χ0v) is 14.2. The van der Waals surface area contributed by atoms with Crippen molar-refractivity contribution >= 4 is 11.8 Å². The van der Waals surface area contributed by atoms with Gasteiger partial charge < -0.3 is 0 Å². The molecule has 0 aliphatic rings. The molecule has 0 unspecified atom stereocenters. The van der Waals surface area contributed by atoms with Crippen molar-refractivity contribution < 1.29 is 4.39 Å². The van der Waals surface area contributed by atoms with Gasteiger partial charge in [0.25, 0.3) is 5.56 Å². The third-order valence-corrected chi connectivity index (χ3v) is 4.69. The van der Waals surface area contributed by atoms with Crippen LogP contribution in [0.25, 0.3) is 0 Å². The van der Waals surface area contributed by atoms with Crippen molar-refractivity contribution in [1.82, 2.24) is 9.78 Å². The highest BCUT2D eigenvalue weighted by Gasteiger charge is 2.13. The molecule has 2 rings (SSSR count). The SMILES string of the molecule is Cn1ncc(SCc2ccc(C(C)(C)C)cc2)c(C[18F])c1=O. The van der Waals surface area contributed by atoms with Gasteiger partial charge in [0, 0.05) is 17.7 Å². The van der Waals surface area contributed by atoms with Crippen molar-refractivity contribution in [2.75, 3.05) is 0 Å². The predicted octanol–water partition coefficient (Wildman–Crippen LogP) is 3.84. The average Bonchev–Trinajstić information content (AvgIpc) is 2.48. The number of hydrogen-bond acceptors (Lipinski definition) is 3. The summed E-state index contributed by atoms with van der Waals surface area (Å²) < 4.78 is 14.2. The number of nitrogens with zero attached hydrogens (tertiary/aromatic N) is 2. The lowest BCUT2D eigenvalue weighted by Crippen LogP contribution is -2.23. The van der Waals surface area contributed by atoms with E-state index in [9.17, 15) is 9.18 Å². The van der Waals surface area contributed by atoms with Gasteiger partial charge in [-0.25, -0.2) is 9.07 Å². The monoisotopic (exact) mass is 319 g/mol. The van der Waals surface area contributed by atoms with E-state index in [0.717, 1.165) is 10.2 Å². The van der Waals surface area contributed by atoms with E-state index in [-0.39, 0.29) is 16.5 Å². The van der Waals surface area contributed by atoms with E-state index in [2.05, 4.69) is 50.1 Å². The number of halogens is 1. The van der Waals surface area contributed by atoms with E-state index in [4.69, 9.17) is 0 Å². The molecule has 0 atom stereocenters. The standard InChI is InChI=1S/C17H21FN2OS/c1-17(2,3)13-7-5-12(6-8-13)11-22-15-10-19-20(4)16(21)14(15)9-18/h5-8,10H,9,11H2,1-4H3/i18-1. The first-order valence-corrected chi connectivity index (χ1v) is 8.15. The van der Waals surface area contributed by atoms with Crippen LogP contribution < -0.4 is 5.56 Å². The van der Waals surface area contributed by atoms with Crippen molar-refractivity contribution in [3.63, 3.8) is 0 Å². The lowest BCUT2D eigenvalue weighted by Gasteiger charge is -2.19. The minimum atomic E-state index is -0.763. The van der Waals surface area contributed by atoms with Crippen molar-refractivity contribution in [1.29, 1.82) is 0 Å². The number of aryl methyl sites for hydroxylation is 1. The molecule has 5 heteroatoms. The maximum atomic E-state index is 13.1. The molecule has 2 aromatic rings. The summed E-state index contributed by atoms with van der Waals surface area (Å²) in [6.07, 6.45) is 1.56. The van der Waals surface area contributed by atoms with Crippen LogP contribution in [0, 0.1) is 0 Å². The van der Waals surface area contributed by atoms with Gasteiger partial charge in [0.05, 0.1) is 11.8 Å². The van der Waals surface area contributed by atoms with Crippen LogP contribution in [0.5, 0.6) is 0 Å². The number of aromatic nitrogens is 2. The van der Waals surface area contributed by atoms with Gasteiger partial charge in [-0.3, -0.25) is 4.79 Å². The molecule has 0 N–H and O–H groups in total. The molecule has 0 aliphatic heterocycles. The molecular formula is C17H21FN2OS. The van der Waals surface area contributed by atoms with Crippen molar-refractivity contribution in [2.45, 2.75) is 43.5 Å².